The van der Waals surface area contributed by atoms with Crippen LogP contribution in [0.25, 0.3) is 0 Å². The maximum atomic E-state index is 5.46. The SMILES string of the molecule is CCNC(=NCc1ccc(OC)cc1OC)NCC1(CCOC)CCC1. The lowest BCUT2D eigenvalue weighted by atomic mass is 9.67. The molecule has 26 heavy (non-hydrogen) atoms. The predicted molar refractivity (Wildman–Crippen MR) is 105 cm³/mol. The van der Waals surface area contributed by atoms with Crippen molar-refractivity contribution < 1.29 is 14.2 Å². The van der Waals surface area contributed by atoms with Crippen LogP contribution in [0.2, 0.25) is 0 Å². The zero-order chi connectivity index (χ0) is 18.8. The fourth-order valence-electron chi connectivity index (χ4n) is 3.27. The van der Waals surface area contributed by atoms with Crippen molar-refractivity contribution in [2.24, 2.45) is 10.4 Å². The zero-order valence-electron chi connectivity index (χ0n) is 16.6. The van der Waals surface area contributed by atoms with Crippen molar-refractivity contribution in [1.82, 2.24) is 10.6 Å². The fraction of sp³-hybridized carbons (Fsp3) is 0.650. The van der Waals surface area contributed by atoms with E-state index in [1.807, 2.05) is 18.2 Å². The van der Waals surface area contributed by atoms with Crippen molar-refractivity contribution >= 4 is 5.96 Å². The number of ether oxygens (including phenoxy) is 3. The third-order valence-electron chi connectivity index (χ3n) is 5.13. The maximum absolute atomic E-state index is 5.46. The van der Waals surface area contributed by atoms with Gasteiger partial charge in [-0.2, -0.15) is 0 Å². The van der Waals surface area contributed by atoms with Crippen LogP contribution in [-0.2, 0) is 11.3 Å². The molecule has 0 atom stereocenters. The van der Waals surface area contributed by atoms with Crippen molar-refractivity contribution in [2.45, 2.75) is 39.2 Å². The van der Waals surface area contributed by atoms with E-state index < -0.39 is 0 Å². The first-order valence-corrected chi connectivity index (χ1v) is 9.38. The van der Waals surface area contributed by atoms with Gasteiger partial charge in [-0.1, -0.05) is 6.42 Å². The van der Waals surface area contributed by atoms with Crippen LogP contribution in [0.3, 0.4) is 0 Å². The molecule has 1 aromatic rings. The van der Waals surface area contributed by atoms with E-state index in [-0.39, 0.29) is 0 Å². The first-order chi connectivity index (χ1) is 12.7. The first kappa shape index (κ1) is 20.4. The van der Waals surface area contributed by atoms with Gasteiger partial charge >= 0.3 is 0 Å². The molecule has 6 nitrogen and oxygen atoms in total. The molecule has 0 bridgehead atoms. The number of hydrogen-bond acceptors (Lipinski definition) is 4. The molecule has 0 aromatic heterocycles. The number of rotatable bonds is 10. The van der Waals surface area contributed by atoms with Crippen molar-refractivity contribution in [2.75, 3.05) is 41.0 Å². The number of benzene rings is 1. The van der Waals surface area contributed by atoms with E-state index in [1.165, 1.54) is 19.3 Å². The van der Waals surface area contributed by atoms with Gasteiger partial charge in [0.25, 0.3) is 0 Å². The van der Waals surface area contributed by atoms with Crippen LogP contribution < -0.4 is 20.1 Å². The summed E-state index contributed by atoms with van der Waals surface area (Å²) in [6.45, 7) is 5.21. The highest BCUT2D eigenvalue weighted by Gasteiger charge is 2.36. The Hall–Kier alpha value is -1.95. The molecule has 2 rings (SSSR count). The Morgan fingerprint density at radius 2 is 1.96 bits per heavy atom. The summed E-state index contributed by atoms with van der Waals surface area (Å²) in [5.74, 6) is 2.42. The molecule has 1 aliphatic carbocycles. The normalized spacial score (nSPS) is 15.9. The Kier molecular flexibility index (Phi) is 8.04. The molecule has 0 spiro atoms. The minimum absolute atomic E-state index is 0.351. The smallest absolute Gasteiger partial charge is 0.191 e. The van der Waals surface area contributed by atoms with Gasteiger partial charge in [0.15, 0.2) is 5.96 Å². The molecule has 0 amide bonds. The fourth-order valence-corrected chi connectivity index (χ4v) is 3.27. The predicted octanol–water partition coefficient (Wildman–Crippen LogP) is 2.97. The van der Waals surface area contributed by atoms with E-state index in [4.69, 9.17) is 19.2 Å². The number of aliphatic imine (C=N–C) groups is 1. The number of hydrogen-bond donors (Lipinski definition) is 2. The summed E-state index contributed by atoms with van der Waals surface area (Å²) in [7, 11) is 5.09. The summed E-state index contributed by atoms with van der Waals surface area (Å²) in [6.07, 6.45) is 4.93. The summed E-state index contributed by atoms with van der Waals surface area (Å²) in [4.78, 5) is 4.73. The summed E-state index contributed by atoms with van der Waals surface area (Å²) in [6, 6.07) is 5.82. The molecule has 2 N–H and O–H groups in total. The number of guanidine groups is 1. The molecule has 146 valence electrons. The highest BCUT2D eigenvalue weighted by atomic mass is 16.5. The topological polar surface area (TPSA) is 64.1 Å². The Morgan fingerprint density at radius 1 is 1.15 bits per heavy atom. The van der Waals surface area contributed by atoms with Crippen molar-refractivity contribution in [1.29, 1.82) is 0 Å². The summed E-state index contributed by atoms with van der Waals surface area (Å²) < 4.78 is 16.0. The van der Waals surface area contributed by atoms with E-state index in [9.17, 15) is 0 Å². The Bertz CT molecular complexity index is 586. The van der Waals surface area contributed by atoms with Crippen LogP contribution in [-0.4, -0.2) is 47.0 Å². The van der Waals surface area contributed by atoms with Crippen LogP contribution in [0.1, 0.15) is 38.2 Å². The molecular formula is C20H33N3O3. The highest BCUT2D eigenvalue weighted by Crippen LogP contribution is 2.43. The van der Waals surface area contributed by atoms with Crippen LogP contribution in [0.4, 0.5) is 0 Å². The van der Waals surface area contributed by atoms with Gasteiger partial charge in [0.2, 0.25) is 0 Å². The lowest BCUT2D eigenvalue weighted by molar-refractivity contribution is 0.0732. The lowest BCUT2D eigenvalue weighted by Crippen LogP contribution is -2.46. The summed E-state index contributed by atoms with van der Waals surface area (Å²) >= 11 is 0. The van der Waals surface area contributed by atoms with Gasteiger partial charge in [-0.3, -0.25) is 0 Å². The maximum Gasteiger partial charge on any atom is 0.191 e. The van der Waals surface area contributed by atoms with Crippen LogP contribution in [0, 0.1) is 5.41 Å². The van der Waals surface area contributed by atoms with Gasteiger partial charge in [0, 0.05) is 38.4 Å². The molecule has 1 fully saturated rings. The second kappa shape index (κ2) is 10.3. The molecule has 1 aliphatic rings. The lowest BCUT2D eigenvalue weighted by Gasteiger charge is -2.42. The largest absolute Gasteiger partial charge is 0.497 e. The standard InChI is InChI=1S/C20H33N3O3/c1-5-21-19(23-15-20(9-6-10-20)11-12-24-2)22-14-16-7-8-17(25-3)13-18(16)26-4/h7-8,13H,5-6,9-12,14-15H2,1-4H3,(H2,21,22,23). The molecule has 0 aliphatic heterocycles. The summed E-state index contributed by atoms with van der Waals surface area (Å²) in [5.41, 5.74) is 1.38. The zero-order valence-corrected chi connectivity index (χ0v) is 16.6. The van der Waals surface area contributed by atoms with Crippen LogP contribution >= 0.6 is 0 Å². The quantitative estimate of drug-likeness (QED) is 0.494. The highest BCUT2D eigenvalue weighted by molar-refractivity contribution is 5.79. The second-order valence-electron chi connectivity index (χ2n) is 6.82. The van der Waals surface area contributed by atoms with Gasteiger partial charge < -0.3 is 24.8 Å². The molecule has 0 radical (unpaired) electrons. The molecule has 0 heterocycles. The molecule has 6 heteroatoms. The average Bonchev–Trinajstić information content (AvgIpc) is 2.64. The van der Waals surface area contributed by atoms with Gasteiger partial charge in [-0.15, -0.1) is 0 Å². The average molecular weight is 364 g/mol. The number of nitrogens with one attached hydrogen (secondary N) is 2. The molecule has 0 unspecified atom stereocenters. The number of methoxy groups -OCH3 is 3. The molecule has 1 saturated carbocycles. The van der Waals surface area contributed by atoms with Crippen molar-refractivity contribution in [3.63, 3.8) is 0 Å². The van der Waals surface area contributed by atoms with E-state index in [1.54, 1.807) is 21.3 Å². The van der Waals surface area contributed by atoms with E-state index in [0.29, 0.717) is 12.0 Å². The molecule has 1 aromatic carbocycles. The monoisotopic (exact) mass is 363 g/mol. The van der Waals surface area contributed by atoms with Crippen LogP contribution in [0.5, 0.6) is 11.5 Å². The first-order valence-electron chi connectivity index (χ1n) is 9.38. The molecular weight excluding hydrogens is 330 g/mol. The van der Waals surface area contributed by atoms with E-state index in [0.717, 1.165) is 49.1 Å². The van der Waals surface area contributed by atoms with Crippen molar-refractivity contribution in [3.05, 3.63) is 23.8 Å². The van der Waals surface area contributed by atoms with Gasteiger partial charge in [0.05, 0.1) is 20.8 Å². The van der Waals surface area contributed by atoms with E-state index in [2.05, 4.69) is 17.6 Å². The molecule has 0 saturated heterocycles. The van der Waals surface area contributed by atoms with E-state index >= 15 is 0 Å². The van der Waals surface area contributed by atoms with Gasteiger partial charge in [-0.25, -0.2) is 4.99 Å². The van der Waals surface area contributed by atoms with Gasteiger partial charge in [-0.05, 0) is 43.7 Å². The minimum atomic E-state index is 0.351. The third-order valence-corrected chi connectivity index (χ3v) is 5.13. The minimum Gasteiger partial charge on any atom is -0.497 e. The third kappa shape index (κ3) is 5.53. The van der Waals surface area contributed by atoms with Gasteiger partial charge in [0.1, 0.15) is 11.5 Å². The Morgan fingerprint density at radius 3 is 2.54 bits per heavy atom. The Balaban J connectivity index is 2.00. The van der Waals surface area contributed by atoms with Crippen LogP contribution in [0.15, 0.2) is 23.2 Å². The van der Waals surface area contributed by atoms with Crippen molar-refractivity contribution in [3.8, 4) is 11.5 Å². The summed E-state index contributed by atoms with van der Waals surface area (Å²) in [5, 5.41) is 6.85. The number of nitrogens with zero attached hydrogens (tertiary/aromatic N) is 1. The Labute approximate surface area is 157 Å². The second-order valence-corrected chi connectivity index (χ2v) is 6.82.